The molecule has 0 saturated carbocycles. The van der Waals surface area contributed by atoms with E-state index in [0.717, 1.165) is 0 Å². The smallest absolute Gasteiger partial charge is 0.108 e. The summed E-state index contributed by atoms with van der Waals surface area (Å²) < 4.78 is 0.701. The molecule has 1 aromatic heterocycles. The molecule has 1 heterocycles. The highest BCUT2D eigenvalue weighted by atomic mass is 79.9. The van der Waals surface area contributed by atoms with E-state index in [-0.39, 0.29) is 0 Å². The van der Waals surface area contributed by atoms with Crippen LogP contribution in [-0.4, -0.2) is 11.7 Å². The Labute approximate surface area is 84.1 Å². The topological polar surface area (TPSA) is 25.2 Å². The van der Waals surface area contributed by atoms with Gasteiger partial charge in [0, 0.05) is 16.8 Å². The molecule has 0 aliphatic heterocycles. The van der Waals surface area contributed by atoms with Crippen LogP contribution in [0.2, 0.25) is 0 Å². The van der Waals surface area contributed by atoms with Crippen molar-refractivity contribution in [1.29, 1.82) is 0 Å². The molecule has 0 bridgehead atoms. The molecule has 0 amide bonds. The van der Waals surface area contributed by atoms with Crippen molar-refractivity contribution in [3.63, 3.8) is 0 Å². The lowest BCUT2D eigenvalue weighted by molar-refractivity contribution is 1.26. The minimum absolute atomic E-state index is 0.414. The van der Waals surface area contributed by atoms with Crippen LogP contribution in [0.15, 0.2) is 28.4 Å². The van der Waals surface area contributed by atoms with Gasteiger partial charge in [0.1, 0.15) is 4.60 Å². The van der Waals surface area contributed by atoms with Crippen LogP contribution >= 0.6 is 27.5 Å². The van der Waals surface area contributed by atoms with Crippen molar-refractivity contribution in [1.82, 2.24) is 4.98 Å². The Hall–Kier alpha value is -0.670. The predicted octanol–water partition coefficient (Wildman–Crippen LogP) is 3.39. The SMILES string of the molecule is C=Nc1cc(Br)ncc1C(=C)Cl. The molecule has 0 aliphatic rings. The zero-order chi connectivity index (χ0) is 9.14. The number of hydrogen-bond acceptors (Lipinski definition) is 2. The highest BCUT2D eigenvalue weighted by Crippen LogP contribution is 2.28. The van der Waals surface area contributed by atoms with E-state index >= 15 is 0 Å². The summed E-state index contributed by atoms with van der Waals surface area (Å²) in [6, 6.07) is 1.73. The zero-order valence-corrected chi connectivity index (χ0v) is 8.56. The van der Waals surface area contributed by atoms with Gasteiger partial charge in [-0.3, -0.25) is 4.99 Å². The minimum Gasteiger partial charge on any atom is -0.264 e. The van der Waals surface area contributed by atoms with E-state index in [1.54, 1.807) is 12.3 Å². The lowest BCUT2D eigenvalue weighted by atomic mass is 10.2. The Morgan fingerprint density at radius 1 is 1.67 bits per heavy atom. The third-order valence-electron chi connectivity index (χ3n) is 1.31. The van der Waals surface area contributed by atoms with Crippen LogP contribution in [0.25, 0.3) is 5.03 Å². The molecule has 0 unspecified atom stereocenters. The van der Waals surface area contributed by atoms with Crippen molar-refractivity contribution in [3.8, 4) is 0 Å². The van der Waals surface area contributed by atoms with Gasteiger partial charge in [0.15, 0.2) is 0 Å². The summed E-state index contributed by atoms with van der Waals surface area (Å²) in [4.78, 5) is 7.78. The fourth-order valence-corrected chi connectivity index (χ4v) is 1.22. The fraction of sp³-hybridized carbons (Fsp3) is 0. The van der Waals surface area contributed by atoms with Gasteiger partial charge in [-0.05, 0) is 28.7 Å². The van der Waals surface area contributed by atoms with Crippen molar-refractivity contribution >= 4 is 45.0 Å². The number of aromatic nitrogens is 1. The van der Waals surface area contributed by atoms with Crippen LogP contribution in [0.5, 0.6) is 0 Å². The maximum atomic E-state index is 5.70. The van der Waals surface area contributed by atoms with Crippen LogP contribution in [-0.2, 0) is 0 Å². The predicted molar refractivity (Wildman–Crippen MR) is 56.0 cm³/mol. The average molecular weight is 246 g/mol. The summed E-state index contributed by atoms with van der Waals surface area (Å²) in [5.41, 5.74) is 1.38. The lowest BCUT2D eigenvalue weighted by Gasteiger charge is -2.01. The molecule has 0 radical (unpaired) electrons. The number of aliphatic imine (C=N–C) groups is 1. The molecule has 1 rings (SSSR count). The Morgan fingerprint density at radius 3 is 2.83 bits per heavy atom. The van der Waals surface area contributed by atoms with Gasteiger partial charge in [0.2, 0.25) is 0 Å². The van der Waals surface area contributed by atoms with E-state index in [1.807, 2.05) is 0 Å². The van der Waals surface area contributed by atoms with E-state index in [2.05, 4.69) is 39.2 Å². The summed E-state index contributed by atoms with van der Waals surface area (Å²) in [7, 11) is 0. The molecule has 4 heteroatoms. The Balaban J connectivity index is 3.29. The molecular formula is C8H6BrClN2. The van der Waals surface area contributed by atoms with E-state index < -0.39 is 0 Å². The van der Waals surface area contributed by atoms with Crippen molar-refractivity contribution in [3.05, 3.63) is 29.0 Å². The van der Waals surface area contributed by atoms with E-state index in [1.165, 1.54) is 0 Å². The first-order valence-corrected chi connectivity index (χ1v) is 4.29. The van der Waals surface area contributed by atoms with E-state index in [9.17, 15) is 0 Å². The molecule has 0 fully saturated rings. The zero-order valence-electron chi connectivity index (χ0n) is 6.22. The summed E-state index contributed by atoms with van der Waals surface area (Å²) in [6.07, 6.45) is 1.60. The monoisotopic (exact) mass is 244 g/mol. The Bertz CT molecular complexity index is 336. The quantitative estimate of drug-likeness (QED) is 0.579. The number of pyridine rings is 1. The molecule has 0 saturated heterocycles. The van der Waals surface area contributed by atoms with Gasteiger partial charge >= 0.3 is 0 Å². The Morgan fingerprint density at radius 2 is 2.33 bits per heavy atom. The summed E-state index contributed by atoms with van der Waals surface area (Å²) in [5, 5.41) is 0.414. The standard InChI is InChI=1S/C8H6BrClN2/c1-5(10)6-4-12-8(9)3-7(6)11-2/h3-4H,1-2H2. The van der Waals surface area contributed by atoms with Gasteiger partial charge in [-0.25, -0.2) is 4.98 Å². The largest absolute Gasteiger partial charge is 0.264 e. The van der Waals surface area contributed by atoms with Gasteiger partial charge in [-0.2, -0.15) is 0 Å². The molecule has 1 aromatic rings. The first-order valence-electron chi connectivity index (χ1n) is 3.12. The minimum atomic E-state index is 0.414. The van der Waals surface area contributed by atoms with Crippen LogP contribution in [0.1, 0.15) is 5.56 Å². The molecule has 12 heavy (non-hydrogen) atoms. The summed E-state index contributed by atoms with van der Waals surface area (Å²) in [6.45, 7) is 7.00. The summed E-state index contributed by atoms with van der Waals surface area (Å²) >= 11 is 8.92. The third-order valence-corrected chi connectivity index (χ3v) is 1.95. The highest BCUT2D eigenvalue weighted by molar-refractivity contribution is 9.10. The van der Waals surface area contributed by atoms with Crippen molar-refractivity contribution in [2.24, 2.45) is 4.99 Å². The lowest BCUT2D eigenvalue weighted by Crippen LogP contribution is -1.81. The van der Waals surface area contributed by atoms with E-state index in [4.69, 9.17) is 11.6 Å². The highest BCUT2D eigenvalue weighted by Gasteiger charge is 2.03. The molecule has 0 N–H and O–H groups in total. The summed E-state index contributed by atoms with van der Waals surface area (Å²) in [5.74, 6) is 0. The van der Waals surface area contributed by atoms with Crippen molar-refractivity contribution in [2.75, 3.05) is 0 Å². The first kappa shape index (κ1) is 9.42. The molecular weight excluding hydrogens is 239 g/mol. The molecule has 0 spiro atoms. The second-order valence-electron chi connectivity index (χ2n) is 2.09. The molecule has 0 atom stereocenters. The number of halogens is 2. The third kappa shape index (κ3) is 1.93. The van der Waals surface area contributed by atoms with Gasteiger partial charge in [-0.15, -0.1) is 0 Å². The van der Waals surface area contributed by atoms with E-state index in [0.29, 0.717) is 20.9 Å². The molecule has 2 nitrogen and oxygen atoms in total. The fourth-order valence-electron chi connectivity index (χ4n) is 0.760. The number of hydrogen-bond donors (Lipinski definition) is 0. The maximum absolute atomic E-state index is 5.70. The van der Waals surface area contributed by atoms with Gasteiger partial charge in [0.25, 0.3) is 0 Å². The second-order valence-corrected chi connectivity index (χ2v) is 3.36. The number of rotatable bonds is 2. The van der Waals surface area contributed by atoms with Crippen LogP contribution in [0.4, 0.5) is 5.69 Å². The van der Waals surface area contributed by atoms with Gasteiger partial charge in [0.05, 0.1) is 5.69 Å². The van der Waals surface area contributed by atoms with Gasteiger partial charge < -0.3 is 0 Å². The number of nitrogens with zero attached hydrogens (tertiary/aromatic N) is 2. The van der Waals surface area contributed by atoms with Gasteiger partial charge in [-0.1, -0.05) is 18.2 Å². The van der Waals surface area contributed by atoms with Crippen LogP contribution in [0.3, 0.4) is 0 Å². The first-order chi connectivity index (χ1) is 5.65. The Kier molecular flexibility index (Phi) is 3.00. The average Bonchev–Trinajstić information content (AvgIpc) is 2.03. The molecule has 0 aromatic carbocycles. The van der Waals surface area contributed by atoms with Crippen LogP contribution in [0, 0.1) is 0 Å². The normalized spacial score (nSPS) is 9.50. The van der Waals surface area contributed by atoms with Crippen molar-refractivity contribution in [2.45, 2.75) is 0 Å². The van der Waals surface area contributed by atoms with Crippen LogP contribution < -0.4 is 0 Å². The second kappa shape index (κ2) is 3.83. The molecule has 62 valence electrons. The van der Waals surface area contributed by atoms with Crippen molar-refractivity contribution < 1.29 is 0 Å². The molecule has 0 aliphatic carbocycles. The maximum Gasteiger partial charge on any atom is 0.108 e.